The Hall–Kier alpha value is -1.26. The molecule has 110 valence electrons. The van der Waals surface area contributed by atoms with Gasteiger partial charge in [0.2, 0.25) is 5.91 Å². The first-order chi connectivity index (χ1) is 10.3. The first-order valence-corrected chi connectivity index (χ1v) is 8.71. The lowest BCUT2D eigenvalue weighted by Gasteiger charge is -2.06. The summed E-state index contributed by atoms with van der Waals surface area (Å²) in [4.78, 5) is 12.9. The Labute approximate surface area is 138 Å². The quantitative estimate of drug-likeness (QED) is 0.743. The molecule has 0 spiro atoms. The van der Waals surface area contributed by atoms with Crippen LogP contribution in [-0.2, 0) is 11.2 Å². The largest absolute Gasteiger partial charge is 0.356 e. The Morgan fingerprint density at radius 1 is 1.05 bits per heavy atom. The molecule has 0 bridgehead atoms. The average Bonchev–Trinajstić information content (AvgIpc) is 2.50. The molecule has 21 heavy (non-hydrogen) atoms. The van der Waals surface area contributed by atoms with Gasteiger partial charge >= 0.3 is 0 Å². The number of thioether (sulfide) groups is 1. The highest BCUT2D eigenvalue weighted by molar-refractivity contribution is 9.10. The van der Waals surface area contributed by atoms with Gasteiger partial charge in [0.1, 0.15) is 0 Å². The van der Waals surface area contributed by atoms with Gasteiger partial charge in [-0.15, -0.1) is 11.8 Å². The molecular weight excluding hydrogens is 346 g/mol. The van der Waals surface area contributed by atoms with E-state index in [0.29, 0.717) is 13.0 Å². The maximum absolute atomic E-state index is 11.8. The highest BCUT2D eigenvalue weighted by Crippen LogP contribution is 2.27. The van der Waals surface area contributed by atoms with E-state index >= 15 is 0 Å². The third-order valence-corrected chi connectivity index (χ3v) is 5.03. The number of hydrogen-bond acceptors (Lipinski definition) is 2. The van der Waals surface area contributed by atoms with Crippen molar-refractivity contribution >= 4 is 33.6 Å². The molecular formula is C17H18BrNOS. The second-order valence-electron chi connectivity index (χ2n) is 4.61. The molecule has 2 aromatic rings. The Balaban J connectivity index is 1.63. The van der Waals surface area contributed by atoms with Crippen molar-refractivity contribution in [3.63, 3.8) is 0 Å². The van der Waals surface area contributed by atoms with Crippen molar-refractivity contribution in [3.05, 3.63) is 64.6 Å². The van der Waals surface area contributed by atoms with E-state index in [-0.39, 0.29) is 5.91 Å². The number of benzene rings is 2. The molecule has 0 aliphatic rings. The molecule has 0 unspecified atom stereocenters. The topological polar surface area (TPSA) is 29.1 Å². The lowest BCUT2D eigenvalue weighted by molar-refractivity contribution is -0.120. The summed E-state index contributed by atoms with van der Waals surface area (Å²) >= 11 is 5.21. The standard InChI is InChI=1S/C17H18BrNOS/c18-15-8-4-5-9-16(15)21-13-11-17(20)19-12-10-14-6-2-1-3-7-14/h1-9H,10-13H2,(H,19,20). The normalized spacial score (nSPS) is 10.3. The minimum Gasteiger partial charge on any atom is -0.356 e. The summed E-state index contributed by atoms with van der Waals surface area (Å²) in [5.41, 5.74) is 1.25. The van der Waals surface area contributed by atoms with Gasteiger partial charge in [0.15, 0.2) is 0 Å². The van der Waals surface area contributed by atoms with Crippen molar-refractivity contribution in [2.24, 2.45) is 0 Å². The maximum atomic E-state index is 11.8. The van der Waals surface area contributed by atoms with E-state index in [4.69, 9.17) is 0 Å². The van der Waals surface area contributed by atoms with Crippen LogP contribution in [0, 0.1) is 0 Å². The smallest absolute Gasteiger partial charge is 0.220 e. The van der Waals surface area contributed by atoms with Crippen LogP contribution >= 0.6 is 27.7 Å². The number of carbonyl (C=O) groups excluding carboxylic acids is 1. The second-order valence-corrected chi connectivity index (χ2v) is 6.61. The monoisotopic (exact) mass is 363 g/mol. The number of nitrogens with one attached hydrogen (secondary N) is 1. The summed E-state index contributed by atoms with van der Waals surface area (Å²) in [6.07, 6.45) is 1.42. The molecule has 2 nitrogen and oxygen atoms in total. The highest BCUT2D eigenvalue weighted by Gasteiger charge is 2.03. The fourth-order valence-corrected chi connectivity index (χ4v) is 3.41. The number of carbonyl (C=O) groups is 1. The van der Waals surface area contributed by atoms with Gasteiger partial charge in [0.25, 0.3) is 0 Å². The van der Waals surface area contributed by atoms with Gasteiger partial charge in [0.05, 0.1) is 0 Å². The first-order valence-electron chi connectivity index (χ1n) is 6.93. The van der Waals surface area contributed by atoms with Gasteiger partial charge in [-0.25, -0.2) is 0 Å². The fraction of sp³-hybridized carbons (Fsp3) is 0.235. The van der Waals surface area contributed by atoms with Crippen LogP contribution in [0.3, 0.4) is 0 Å². The Morgan fingerprint density at radius 3 is 2.52 bits per heavy atom. The van der Waals surface area contributed by atoms with Crippen LogP contribution < -0.4 is 5.32 Å². The van der Waals surface area contributed by atoms with E-state index in [2.05, 4.69) is 39.4 Å². The van der Waals surface area contributed by atoms with Crippen molar-refractivity contribution in [3.8, 4) is 0 Å². The van der Waals surface area contributed by atoms with Crippen molar-refractivity contribution in [2.45, 2.75) is 17.7 Å². The minimum absolute atomic E-state index is 0.116. The zero-order chi connectivity index (χ0) is 14.9. The summed E-state index contributed by atoms with van der Waals surface area (Å²) in [5, 5.41) is 2.97. The van der Waals surface area contributed by atoms with Crippen molar-refractivity contribution in [2.75, 3.05) is 12.3 Å². The van der Waals surface area contributed by atoms with Crippen LogP contribution in [-0.4, -0.2) is 18.2 Å². The van der Waals surface area contributed by atoms with Crippen LogP contribution in [0.1, 0.15) is 12.0 Å². The number of amides is 1. The zero-order valence-electron chi connectivity index (χ0n) is 11.7. The van der Waals surface area contributed by atoms with Crippen LogP contribution in [0.15, 0.2) is 64.0 Å². The Kier molecular flexibility index (Phi) is 6.83. The summed E-state index contributed by atoms with van der Waals surface area (Å²) in [7, 11) is 0. The molecule has 0 aliphatic heterocycles. The van der Waals surface area contributed by atoms with Gasteiger partial charge < -0.3 is 5.32 Å². The molecule has 0 fully saturated rings. The highest BCUT2D eigenvalue weighted by atomic mass is 79.9. The van der Waals surface area contributed by atoms with Gasteiger partial charge in [-0.1, -0.05) is 42.5 Å². The predicted molar refractivity (Wildman–Crippen MR) is 92.6 cm³/mol. The average molecular weight is 364 g/mol. The number of hydrogen-bond donors (Lipinski definition) is 1. The van der Waals surface area contributed by atoms with E-state index in [1.807, 2.05) is 36.4 Å². The maximum Gasteiger partial charge on any atom is 0.220 e. The van der Waals surface area contributed by atoms with Gasteiger partial charge in [-0.2, -0.15) is 0 Å². The third kappa shape index (κ3) is 5.94. The van der Waals surface area contributed by atoms with Crippen molar-refractivity contribution < 1.29 is 4.79 Å². The van der Waals surface area contributed by atoms with Gasteiger partial charge in [-0.3, -0.25) is 4.79 Å². The van der Waals surface area contributed by atoms with E-state index in [9.17, 15) is 4.79 Å². The van der Waals surface area contributed by atoms with E-state index in [1.54, 1.807) is 11.8 Å². The minimum atomic E-state index is 0.116. The summed E-state index contributed by atoms with van der Waals surface area (Å²) in [6, 6.07) is 18.3. The van der Waals surface area contributed by atoms with Crippen LogP contribution in [0.5, 0.6) is 0 Å². The molecule has 0 aliphatic carbocycles. The van der Waals surface area contributed by atoms with E-state index < -0.39 is 0 Å². The lowest BCUT2D eigenvalue weighted by atomic mass is 10.1. The molecule has 0 atom stereocenters. The summed E-state index contributed by atoms with van der Waals surface area (Å²) < 4.78 is 1.08. The molecule has 1 N–H and O–H groups in total. The molecule has 4 heteroatoms. The third-order valence-electron chi connectivity index (χ3n) is 3.00. The van der Waals surface area contributed by atoms with Crippen LogP contribution in [0.25, 0.3) is 0 Å². The second kappa shape index (κ2) is 8.90. The Bertz CT molecular complexity index is 574. The van der Waals surface area contributed by atoms with E-state index in [1.165, 1.54) is 10.5 Å². The molecule has 1 amide bonds. The fourth-order valence-electron chi connectivity index (χ4n) is 1.89. The molecule has 0 radical (unpaired) electrons. The molecule has 0 aromatic heterocycles. The molecule has 0 saturated heterocycles. The van der Waals surface area contributed by atoms with Crippen molar-refractivity contribution in [1.82, 2.24) is 5.32 Å². The Morgan fingerprint density at radius 2 is 1.76 bits per heavy atom. The lowest BCUT2D eigenvalue weighted by Crippen LogP contribution is -2.25. The molecule has 2 rings (SSSR count). The van der Waals surface area contributed by atoms with Crippen molar-refractivity contribution in [1.29, 1.82) is 0 Å². The van der Waals surface area contributed by atoms with Gasteiger partial charge in [-0.05, 0) is 40.0 Å². The summed E-state index contributed by atoms with van der Waals surface area (Å²) in [5.74, 6) is 0.908. The SMILES string of the molecule is O=C(CCSc1ccccc1Br)NCCc1ccccc1. The first kappa shape index (κ1) is 16.1. The molecule has 2 aromatic carbocycles. The predicted octanol–water partition coefficient (Wildman–Crippen LogP) is 4.29. The zero-order valence-corrected chi connectivity index (χ0v) is 14.1. The van der Waals surface area contributed by atoms with Crippen LogP contribution in [0.2, 0.25) is 0 Å². The van der Waals surface area contributed by atoms with Gasteiger partial charge in [0, 0.05) is 28.1 Å². The number of halogens is 1. The van der Waals surface area contributed by atoms with E-state index in [0.717, 1.165) is 16.6 Å². The number of rotatable bonds is 7. The summed E-state index contributed by atoms with van der Waals surface area (Å²) in [6.45, 7) is 0.697. The van der Waals surface area contributed by atoms with Crippen LogP contribution in [0.4, 0.5) is 0 Å². The molecule has 0 heterocycles. The molecule has 0 saturated carbocycles.